The fourth-order valence-electron chi connectivity index (χ4n) is 2.83. The first-order chi connectivity index (χ1) is 9.08. The Bertz CT molecular complexity index is 388. The Morgan fingerprint density at radius 1 is 1.15 bits per heavy atom. The van der Waals surface area contributed by atoms with Gasteiger partial charge < -0.3 is 15.6 Å². The van der Waals surface area contributed by atoms with Gasteiger partial charge in [0.1, 0.15) is 5.75 Å². The first kappa shape index (κ1) is 17.3. The monoisotopic (exact) mass is 299 g/mol. The van der Waals surface area contributed by atoms with E-state index < -0.39 is 6.10 Å². The first-order valence-electron chi connectivity index (χ1n) is 7.28. The summed E-state index contributed by atoms with van der Waals surface area (Å²) < 4.78 is 5.61. The molecule has 0 spiro atoms. The minimum atomic E-state index is -0.431. The van der Waals surface area contributed by atoms with Crippen molar-refractivity contribution in [2.45, 2.75) is 57.8 Å². The van der Waals surface area contributed by atoms with Crippen LogP contribution in [0.1, 0.15) is 51.1 Å². The molecule has 1 saturated carbocycles. The normalized spacial score (nSPS) is 18.6. The number of benzene rings is 1. The van der Waals surface area contributed by atoms with Crippen molar-refractivity contribution in [2.75, 3.05) is 0 Å². The minimum absolute atomic E-state index is 0. The van der Waals surface area contributed by atoms with E-state index in [1.54, 1.807) is 0 Å². The molecule has 1 aromatic carbocycles. The molecule has 0 amide bonds. The van der Waals surface area contributed by atoms with Crippen molar-refractivity contribution in [2.24, 2.45) is 11.7 Å². The summed E-state index contributed by atoms with van der Waals surface area (Å²) >= 11 is 0. The molecule has 1 aliphatic rings. The smallest absolute Gasteiger partial charge is 0.119 e. The lowest BCUT2D eigenvalue weighted by atomic mass is 9.91. The predicted molar refractivity (Wildman–Crippen MR) is 84.3 cm³/mol. The van der Waals surface area contributed by atoms with E-state index in [-0.39, 0.29) is 24.6 Å². The van der Waals surface area contributed by atoms with Crippen molar-refractivity contribution in [3.63, 3.8) is 0 Å². The van der Waals surface area contributed by atoms with Gasteiger partial charge in [-0.2, -0.15) is 0 Å². The van der Waals surface area contributed by atoms with Crippen LogP contribution < -0.4 is 10.5 Å². The van der Waals surface area contributed by atoms with Crippen molar-refractivity contribution in [3.05, 3.63) is 29.8 Å². The second-order valence-electron chi connectivity index (χ2n) is 5.80. The highest BCUT2D eigenvalue weighted by molar-refractivity contribution is 5.85. The molecule has 0 heterocycles. The molecule has 0 unspecified atom stereocenters. The van der Waals surface area contributed by atoms with Crippen LogP contribution in [0.2, 0.25) is 0 Å². The van der Waals surface area contributed by atoms with E-state index in [1.807, 2.05) is 38.1 Å². The van der Waals surface area contributed by atoms with Gasteiger partial charge in [0.15, 0.2) is 0 Å². The quantitative estimate of drug-likeness (QED) is 0.875. The molecule has 3 nitrogen and oxygen atoms in total. The highest BCUT2D eigenvalue weighted by Crippen LogP contribution is 2.32. The number of halogens is 1. The Labute approximate surface area is 127 Å². The molecule has 2 atom stereocenters. The van der Waals surface area contributed by atoms with Gasteiger partial charge in [0.05, 0.1) is 18.2 Å². The average molecular weight is 300 g/mol. The van der Waals surface area contributed by atoms with Crippen molar-refractivity contribution in [3.8, 4) is 5.75 Å². The first-order valence-corrected chi connectivity index (χ1v) is 7.28. The van der Waals surface area contributed by atoms with Crippen LogP contribution in [0.5, 0.6) is 5.75 Å². The van der Waals surface area contributed by atoms with Crippen LogP contribution in [0, 0.1) is 5.92 Å². The van der Waals surface area contributed by atoms with E-state index in [2.05, 4.69) is 0 Å². The molecule has 0 aliphatic heterocycles. The fraction of sp³-hybridized carbons (Fsp3) is 0.625. The lowest BCUT2D eigenvalue weighted by Gasteiger charge is -2.24. The largest absolute Gasteiger partial charge is 0.491 e. The van der Waals surface area contributed by atoms with Crippen LogP contribution in [0.4, 0.5) is 0 Å². The molecule has 20 heavy (non-hydrogen) atoms. The van der Waals surface area contributed by atoms with Gasteiger partial charge in [0.25, 0.3) is 0 Å². The SMILES string of the molecule is CC(C)Oc1ccc([C@H](N)[C@H](O)C2CCCC2)cc1.Cl. The zero-order chi connectivity index (χ0) is 13.8. The topological polar surface area (TPSA) is 55.5 Å². The van der Waals surface area contributed by atoms with Gasteiger partial charge in [-0.25, -0.2) is 0 Å². The van der Waals surface area contributed by atoms with Gasteiger partial charge in [-0.15, -0.1) is 12.4 Å². The number of aliphatic hydroxyl groups excluding tert-OH is 1. The highest BCUT2D eigenvalue weighted by atomic mass is 35.5. The average Bonchev–Trinajstić information content (AvgIpc) is 2.91. The Hall–Kier alpha value is -0.770. The lowest BCUT2D eigenvalue weighted by Crippen LogP contribution is -2.31. The maximum atomic E-state index is 10.3. The Morgan fingerprint density at radius 2 is 1.70 bits per heavy atom. The highest BCUT2D eigenvalue weighted by Gasteiger charge is 2.28. The second kappa shape index (κ2) is 7.87. The molecule has 1 fully saturated rings. The van der Waals surface area contributed by atoms with Crippen molar-refractivity contribution in [1.29, 1.82) is 0 Å². The van der Waals surface area contributed by atoms with E-state index in [0.29, 0.717) is 5.92 Å². The minimum Gasteiger partial charge on any atom is -0.491 e. The van der Waals surface area contributed by atoms with Crippen LogP contribution >= 0.6 is 12.4 Å². The summed E-state index contributed by atoms with van der Waals surface area (Å²) in [5, 5.41) is 10.3. The van der Waals surface area contributed by atoms with Gasteiger partial charge in [-0.3, -0.25) is 0 Å². The molecular weight excluding hydrogens is 274 g/mol. The Morgan fingerprint density at radius 3 is 2.20 bits per heavy atom. The predicted octanol–water partition coefficient (Wildman–Crippen LogP) is 3.45. The fourth-order valence-corrected chi connectivity index (χ4v) is 2.83. The molecule has 0 aromatic heterocycles. The van der Waals surface area contributed by atoms with Crippen molar-refractivity contribution < 1.29 is 9.84 Å². The van der Waals surface area contributed by atoms with Gasteiger partial charge in [0.2, 0.25) is 0 Å². The van der Waals surface area contributed by atoms with E-state index in [0.717, 1.165) is 24.2 Å². The van der Waals surface area contributed by atoms with Crippen LogP contribution in [0.3, 0.4) is 0 Å². The molecule has 1 aromatic rings. The standard InChI is InChI=1S/C16H25NO2.ClH/c1-11(2)19-14-9-7-12(8-10-14)15(17)16(18)13-5-3-4-6-13;/h7-11,13,15-16,18H,3-6,17H2,1-2H3;1H/t15-,16+;/m0./s1. The van der Waals surface area contributed by atoms with Crippen molar-refractivity contribution >= 4 is 12.4 Å². The van der Waals surface area contributed by atoms with E-state index in [1.165, 1.54) is 12.8 Å². The third-order valence-electron chi connectivity index (χ3n) is 3.89. The van der Waals surface area contributed by atoms with Gasteiger partial charge in [0, 0.05) is 0 Å². The molecule has 0 bridgehead atoms. The summed E-state index contributed by atoms with van der Waals surface area (Å²) in [5.74, 6) is 1.21. The number of rotatable bonds is 5. The van der Waals surface area contributed by atoms with Crippen LogP contribution in [-0.4, -0.2) is 17.3 Å². The van der Waals surface area contributed by atoms with Gasteiger partial charge >= 0.3 is 0 Å². The summed E-state index contributed by atoms with van der Waals surface area (Å²) in [5.41, 5.74) is 7.16. The molecule has 114 valence electrons. The molecular formula is C16H26ClNO2. The molecule has 4 heteroatoms. The maximum Gasteiger partial charge on any atom is 0.119 e. The van der Waals surface area contributed by atoms with Crippen LogP contribution in [0.15, 0.2) is 24.3 Å². The summed E-state index contributed by atoms with van der Waals surface area (Å²) in [6.45, 7) is 4.01. The summed E-state index contributed by atoms with van der Waals surface area (Å²) in [7, 11) is 0. The Kier molecular flexibility index (Phi) is 6.80. The molecule has 2 rings (SSSR count). The number of hydrogen-bond donors (Lipinski definition) is 2. The maximum absolute atomic E-state index is 10.3. The van der Waals surface area contributed by atoms with E-state index in [4.69, 9.17) is 10.5 Å². The third kappa shape index (κ3) is 4.37. The third-order valence-corrected chi connectivity index (χ3v) is 3.89. The summed E-state index contributed by atoms with van der Waals surface area (Å²) in [4.78, 5) is 0. The molecule has 0 saturated heterocycles. The number of hydrogen-bond acceptors (Lipinski definition) is 3. The van der Waals surface area contributed by atoms with Crippen LogP contribution in [0.25, 0.3) is 0 Å². The van der Waals surface area contributed by atoms with Crippen LogP contribution in [-0.2, 0) is 0 Å². The van der Waals surface area contributed by atoms with Crippen molar-refractivity contribution in [1.82, 2.24) is 0 Å². The second-order valence-corrected chi connectivity index (χ2v) is 5.80. The lowest BCUT2D eigenvalue weighted by molar-refractivity contribution is 0.0844. The zero-order valence-corrected chi connectivity index (χ0v) is 13.1. The zero-order valence-electron chi connectivity index (χ0n) is 12.3. The number of ether oxygens (including phenoxy) is 1. The molecule has 0 radical (unpaired) electrons. The molecule has 3 N–H and O–H groups in total. The van der Waals surface area contributed by atoms with E-state index >= 15 is 0 Å². The number of aliphatic hydroxyl groups is 1. The Balaban J connectivity index is 0.00000200. The van der Waals surface area contributed by atoms with Gasteiger partial charge in [-0.1, -0.05) is 25.0 Å². The number of nitrogens with two attached hydrogens (primary N) is 1. The molecule has 1 aliphatic carbocycles. The van der Waals surface area contributed by atoms with E-state index in [9.17, 15) is 5.11 Å². The van der Waals surface area contributed by atoms with Gasteiger partial charge in [-0.05, 0) is 50.3 Å². The summed E-state index contributed by atoms with van der Waals surface area (Å²) in [6, 6.07) is 7.48. The summed E-state index contributed by atoms with van der Waals surface area (Å²) in [6.07, 6.45) is 4.38.